The van der Waals surface area contributed by atoms with Crippen molar-refractivity contribution in [2.45, 2.75) is 45.2 Å². The van der Waals surface area contributed by atoms with Crippen LogP contribution in [0.2, 0.25) is 0 Å². The Morgan fingerprint density at radius 3 is 2.95 bits per heavy atom. The van der Waals surface area contributed by atoms with E-state index in [1.165, 1.54) is 31.7 Å². The number of carbonyl (C=O) groups excluding carboxylic acids is 1. The van der Waals surface area contributed by atoms with Gasteiger partial charge in [-0.25, -0.2) is 0 Å². The number of rotatable bonds is 5. The van der Waals surface area contributed by atoms with E-state index in [1.54, 1.807) is 0 Å². The molecule has 0 bridgehead atoms. The molecular formula is C16H25N3O. The number of nitrogens with two attached hydrogens (primary N) is 1. The lowest BCUT2D eigenvalue weighted by molar-refractivity contribution is -0.114. The molecule has 0 saturated heterocycles. The highest BCUT2D eigenvalue weighted by atomic mass is 16.1. The second kappa shape index (κ2) is 6.86. The first-order chi connectivity index (χ1) is 9.60. The van der Waals surface area contributed by atoms with Crippen molar-refractivity contribution in [2.75, 3.05) is 11.9 Å². The molecule has 1 aromatic rings. The number of hydrogen-bond acceptors (Lipinski definition) is 3. The second-order valence-corrected chi connectivity index (χ2v) is 5.73. The first-order valence-electron chi connectivity index (χ1n) is 7.44. The highest BCUT2D eigenvalue weighted by Gasteiger charge is 2.27. The maximum Gasteiger partial charge on any atom is 0.221 e. The summed E-state index contributed by atoms with van der Waals surface area (Å²) in [7, 11) is 0. The molecule has 0 aromatic heterocycles. The average molecular weight is 275 g/mol. The molecule has 110 valence electrons. The highest BCUT2D eigenvalue weighted by Crippen LogP contribution is 2.27. The summed E-state index contributed by atoms with van der Waals surface area (Å²) in [5, 5.41) is 6.51. The van der Waals surface area contributed by atoms with Gasteiger partial charge in [-0.3, -0.25) is 4.79 Å². The largest absolute Gasteiger partial charge is 0.330 e. The number of carbonyl (C=O) groups is 1. The lowest BCUT2D eigenvalue weighted by atomic mass is 10.0. The summed E-state index contributed by atoms with van der Waals surface area (Å²) in [6.07, 6.45) is 3.70. The predicted molar refractivity (Wildman–Crippen MR) is 82.5 cm³/mol. The molecule has 1 aliphatic carbocycles. The fourth-order valence-corrected chi connectivity index (χ4v) is 3.04. The van der Waals surface area contributed by atoms with Crippen LogP contribution in [-0.4, -0.2) is 18.5 Å². The molecule has 20 heavy (non-hydrogen) atoms. The normalized spacial score (nSPS) is 23.6. The zero-order valence-electron chi connectivity index (χ0n) is 12.4. The van der Waals surface area contributed by atoms with Crippen LogP contribution in [0.15, 0.2) is 24.3 Å². The van der Waals surface area contributed by atoms with Crippen LogP contribution >= 0.6 is 0 Å². The van der Waals surface area contributed by atoms with Gasteiger partial charge in [0.05, 0.1) is 0 Å². The van der Waals surface area contributed by atoms with Crippen molar-refractivity contribution in [3.05, 3.63) is 29.8 Å². The topological polar surface area (TPSA) is 67.2 Å². The highest BCUT2D eigenvalue weighted by molar-refractivity contribution is 5.88. The zero-order valence-corrected chi connectivity index (χ0v) is 12.4. The third kappa shape index (κ3) is 3.81. The van der Waals surface area contributed by atoms with Crippen LogP contribution in [0.4, 0.5) is 5.69 Å². The van der Waals surface area contributed by atoms with Crippen LogP contribution in [0, 0.1) is 5.92 Å². The Labute approximate surface area is 121 Å². The molecule has 1 aliphatic rings. The Bertz CT molecular complexity index is 461. The third-order valence-electron chi connectivity index (χ3n) is 4.13. The monoisotopic (exact) mass is 275 g/mol. The van der Waals surface area contributed by atoms with Crippen molar-refractivity contribution in [3.63, 3.8) is 0 Å². The molecule has 4 nitrogen and oxygen atoms in total. The van der Waals surface area contributed by atoms with E-state index in [1.807, 2.05) is 18.2 Å². The van der Waals surface area contributed by atoms with Gasteiger partial charge in [0.15, 0.2) is 0 Å². The predicted octanol–water partition coefficient (Wildman–Crippen LogP) is 2.42. The minimum Gasteiger partial charge on any atom is -0.330 e. The Kier molecular flexibility index (Phi) is 5.15. The van der Waals surface area contributed by atoms with Crippen LogP contribution in [0.5, 0.6) is 0 Å². The smallest absolute Gasteiger partial charge is 0.221 e. The summed E-state index contributed by atoms with van der Waals surface area (Å²) in [4.78, 5) is 11.1. The van der Waals surface area contributed by atoms with E-state index in [0.717, 1.165) is 12.2 Å². The van der Waals surface area contributed by atoms with E-state index in [4.69, 9.17) is 5.73 Å². The summed E-state index contributed by atoms with van der Waals surface area (Å²) in [5.41, 5.74) is 7.88. The third-order valence-corrected chi connectivity index (χ3v) is 4.13. The van der Waals surface area contributed by atoms with Gasteiger partial charge in [-0.15, -0.1) is 0 Å². The minimum absolute atomic E-state index is 0.0400. The van der Waals surface area contributed by atoms with Gasteiger partial charge >= 0.3 is 0 Å². The van der Waals surface area contributed by atoms with Crippen molar-refractivity contribution >= 4 is 11.6 Å². The molecule has 4 N–H and O–H groups in total. The van der Waals surface area contributed by atoms with Crippen LogP contribution in [-0.2, 0) is 4.79 Å². The molecule has 0 aliphatic heterocycles. The number of anilines is 1. The summed E-state index contributed by atoms with van der Waals surface area (Å²) < 4.78 is 0. The summed E-state index contributed by atoms with van der Waals surface area (Å²) in [6, 6.07) is 8.80. The molecule has 1 amide bonds. The number of benzene rings is 1. The van der Waals surface area contributed by atoms with Crippen molar-refractivity contribution in [1.82, 2.24) is 5.32 Å². The molecular weight excluding hydrogens is 250 g/mol. The van der Waals surface area contributed by atoms with Gasteiger partial charge in [0, 0.05) is 24.7 Å². The maximum atomic E-state index is 11.1. The Morgan fingerprint density at radius 1 is 1.45 bits per heavy atom. The van der Waals surface area contributed by atoms with Gasteiger partial charge in [0.25, 0.3) is 0 Å². The number of hydrogen-bond donors (Lipinski definition) is 3. The SMILES string of the molecule is CC(=O)Nc1cccc(C(C)NC2CCCC2CN)c1. The Morgan fingerprint density at radius 2 is 2.25 bits per heavy atom. The minimum atomic E-state index is -0.0400. The van der Waals surface area contributed by atoms with Crippen LogP contribution in [0.3, 0.4) is 0 Å². The first kappa shape index (κ1) is 15.0. The molecule has 0 spiro atoms. The summed E-state index contributed by atoms with van der Waals surface area (Å²) >= 11 is 0. The summed E-state index contributed by atoms with van der Waals surface area (Å²) in [6.45, 7) is 4.45. The van der Waals surface area contributed by atoms with Crippen molar-refractivity contribution in [2.24, 2.45) is 11.7 Å². The molecule has 0 radical (unpaired) electrons. The van der Waals surface area contributed by atoms with Crippen LogP contribution < -0.4 is 16.4 Å². The van der Waals surface area contributed by atoms with Crippen molar-refractivity contribution in [3.8, 4) is 0 Å². The van der Waals surface area contributed by atoms with Gasteiger partial charge in [-0.2, -0.15) is 0 Å². The van der Waals surface area contributed by atoms with Gasteiger partial charge in [-0.05, 0) is 49.9 Å². The molecule has 3 unspecified atom stereocenters. The van der Waals surface area contributed by atoms with Gasteiger partial charge in [0.2, 0.25) is 5.91 Å². The maximum absolute atomic E-state index is 11.1. The van der Waals surface area contributed by atoms with E-state index in [9.17, 15) is 4.79 Å². The molecule has 1 saturated carbocycles. The van der Waals surface area contributed by atoms with Crippen LogP contribution in [0.25, 0.3) is 0 Å². The van der Waals surface area contributed by atoms with Crippen molar-refractivity contribution < 1.29 is 4.79 Å². The van der Waals surface area contributed by atoms with Gasteiger partial charge in [0.1, 0.15) is 0 Å². The van der Waals surface area contributed by atoms with E-state index in [0.29, 0.717) is 12.0 Å². The van der Waals surface area contributed by atoms with Gasteiger partial charge < -0.3 is 16.4 Å². The van der Waals surface area contributed by atoms with E-state index >= 15 is 0 Å². The zero-order chi connectivity index (χ0) is 14.5. The van der Waals surface area contributed by atoms with Crippen molar-refractivity contribution in [1.29, 1.82) is 0 Å². The van der Waals surface area contributed by atoms with E-state index < -0.39 is 0 Å². The fourth-order valence-electron chi connectivity index (χ4n) is 3.04. The standard InChI is InChI=1S/C16H25N3O/c1-11(18-16-8-4-6-14(16)10-17)13-5-3-7-15(9-13)19-12(2)20/h3,5,7,9,11,14,16,18H,4,6,8,10,17H2,1-2H3,(H,19,20). The number of amides is 1. The first-order valence-corrected chi connectivity index (χ1v) is 7.44. The molecule has 1 aromatic carbocycles. The van der Waals surface area contributed by atoms with E-state index in [2.05, 4.69) is 23.6 Å². The fraction of sp³-hybridized carbons (Fsp3) is 0.562. The molecule has 0 heterocycles. The van der Waals surface area contributed by atoms with Gasteiger partial charge in [-0.1, -0.05) is 18.6 Å². The lowest BCUT2D eigenvalue weighted by Crippen LogP contribution is -2.37. The Hall–Kier alpha value is -1.39. The Balaban J connectivity index is 2.01. The summed E-state index contributed by atoms with van der Waals surface area (Å²) in [5.74, 6) is 0.553. The average Bonchev–Trinajstić information content (AvgIpc) is 2.85. The quantitative estimate of drug-likeness (QED) is 0.773. The molecule has 1 fully saturated rings. The molecule has 4 heteroatoms. The molecule has 2 rings (SSSR count). The van der Waals surface area contributed by atoms with Crippen LogP contribution in [0.1, 0.15) is 44.7 Å². The lowest BCUT2D eigenvalue weighted by Gasteiger charge is -2.24. The molecule has 3 atom stereocenters. The van der Waals surface area contributed by atoms with E-state index in [-0.39, 0.29) is 11.9 Å². The number of nitrogens with one attached hydrogen (secondary N) is 2. The second-order valence-electron chi connectivity index (χ2n) is 5.73.